The average molecular weight is 255 g/mol. The molecule has 0 atom stereocenters. The van der Waals surface area contributed by atoms with Crippen LogP contribution in [0.4, 0.5) is 5.69 Å². The molecule has 0 aliphatic heterocycles. The van der Waals surface area contributed by atoms with Crippen LogP contribution in [-0.2, 0) is 0 Å². The molecule has 0 unspecified atom stereocenters. The lowest BCUT2D eigenvalue weighted by Gasteiger charge is -2.07. The molecule has 0 aromatic heterocycles. The Kier molecular flexibility index (Phi) is 4.08. The van der Waals surface area contributed by atoms with Gasteiger partial charge in [0, 0.05) is 11.3 Å². The summed E-state index contributed by atoms with van der Waals surface area (Å²) < 4.78 is 10.5. The van der Waals surface area contributed by atoms with E-state index in [1.54, 1.807) is 14.2 Å². The molecule has 0 aliphatic rings. The van der Waals surface area contributed by atoms with E-state index in [1.807, 2.05) is 54.6 Å². The highest BCUT2D eigenvalue weighted by molar-refractivity contribution is 5.73. The van der Waals surface area contributed by atoms with Gasteiger partial charge < -0.3 is 15.2 Å². The first-order valence-electron chi connectivity index (χ1n) is 5.98. The summed E-state index contributed by atoms with van der Waals surface area (Å²) in [7, 11) is 3.30. The summed E-state index contributed by atoms with van der Waals surface area (Å²) >= 11 is 0. The van der Waals surface area contributed by atoms with E-state index in [4.69, 9.17) is 15.2 Å². The van der Waals surface area contributed by atoms with Crippen LogP contribution in [0.15, 0.2) is 42.5 Å². The van der Waals surface area contributed by atoms with Crippen molar-refractivity contribution >= 4 is 17.8 Å². The number of hydrogen-bond donors (Lipinski definition) is 1. The van der Waals surface area contributed by atoms with E-state index < -0.39 is 0 Å². The van der Waals surface area contributed by atoms with E-state index in [0.29, 0.717) is 0 Å². The van der Waals surface area contributed by atoms with Crippen molar-refractivity contribution in [3.63, 3.8) is 0 Å². The molecule has 0 fully saturated rings. The lowest BCUT2D eigenvalue weighted by atomic mass is 10.1. The second-order valence-electron chi connectivity index (χ2n) is 4.11. The number of nitrogens with two attached hydrogens (primary N) is 1. The third-order valence-electron chi connectivity index (χ3n) is 2.83. The van der Waals surface area contributed by atoms with Gasteiger partial charge in [-0.2, -0.15) is 0 Å². The van der Waals surface area contributed by atoms with Gasteiger partial charge in [0.25, 0.3) is 0 Å². The summed E-state index contributed by atoms with van der Waals surface area (Å²) in [5, 5.41) is 0. The van der Waals surface area contributed by atoms with Crippen LogP contribution >= 0.6 is 0 Å². The van der Waals surface area contributed by atoms with Crippen LogP contribution in [0.5, 0.6) is 11.5 Å². The van der Waals surface area contributed by atoms with Crippen molar-refractivity contribution in [2.24, 2.45) is 0 Å². The Bertz CT molecular complexity index is 574. The van der Waals surface area contributed by atoms with Gasteiger partial charge in [-0.15, -0.1) is 0 Å². The summed E-state index contributed by atoms with van der Waals surface area (Å²) in [5.74, 6) is 1.62. The lowest BCUT2D eigenvalue weighted by Crippen LogP contribution is -1.89. The highest BCUT2D eigenvalue weighted by Crippen LogP contribution is 2.25. The minimum absolute atomic E-state index is 0.760. The fourth-order valence-corrected chi connectivity index (χ4v) is 1.76. The van der Waals surface area contributed by atoms with Crippen molar-refractivity contribution in [2.75, 3.05) is 20.0 Å². The minimum atomic E-state index is 0.760. The van der Waals surface area contributed by atoms with Gasteiger partial charge in [0.15, 0.2) is 0 Å². The largest absolute Gasteiger partial charge is 0.497 e. The SMILES string of the molecule is COc1ccc(OC)c(/C=C\c2ccc(N)cc2)c1. The van der Waals surface area contributed by atoms with E-state index in [0.717, 1.165) is 28.3 Å². The highest BCUT2D eigenvalue weighted by Gasteiger charge is 2.01. The van der Waals surface area contributed by atoms with Gasteiger partial charge in [-0.05, 0) is 35.9 Å². The molecule has 2 N–H and O–H groups in total. The van der Waals surface area contributed by atoms with Crippen LogP contribution < -0.4 is 15.2 Å². The maximum atomic E-state index is 5.66. The van der Waals surface area contributed by atoms with Gasteiger partial charge in [-0.3, -0.25) is 0 Å². The standard InChI is InChI=1S/C16H17NO2/c1-18-15-9-10-16(19-2)13(11-15)6-3-12-4-7-14(17)8-5-12/h3-11H,17H2,1-2H3/b6-3-. The summed E-state index contributed by atoms with van der Waals surface area (Å²) in [4.78, 5) is 0. The fourth-order valence-electron chi connectivity index (χ4n) is 1.76. The van der Waals surface area contributed by atoms with Crippen LogP contribution in [0.2, 0.25) is 0 Å². The van der Waals surface area contributed by atoms with Gasteiger partial charge >= 0.3 is 0 Å². The van der Waals surface area contributed by atoms with Crippen molar-refractivity contribution in [1.82, 2.24) is 0 Å². The Balaban J connectivity index is 2.28. The zero-order chi connectivity index (χ0) is 13.7. The van der Waals surface area contributed by atoms with Crippen molar-refractivity contribution in [1.29, 1.82) is 0 Å². The summed E-state index contributed by atoms with van der Waals surface area (Å²) in [5.41, 5.74) is 8.47. The summed E-state index contributed by atoms with van der Waals surface area (Å²) in [6.45, 7) is 0. The summed E-state index contributed by atoms with van der Waals surface area (Å²) in [6, 6.07) is 13.4. The molecule has 19 heavy (non-hydrogen) atoms. The first-order valence-corrected chi connectivity index (χ1v) is 5.98. The molecule has 0 heterocycles. The molecule has 0 bridgehead atoms. The molecule has 98 valence electrons. The molecule has 0 aliphatic carbocycles. The molecule has 0 amide bonds. The van der Waals surface area contributed by atoms with Gasteiger partial charge in [-0.25, -0.2) is 0 Å². The van der Waals surface area contributed by atoms with Crippen molar-refractivity contribution in [3.05, 3.63) is 53.6 Å². The van der Waals surface area contributed by atoms with Gasteiger partial charge in [-0.1, -0.05) is 24.3 Å². The van der Waals surface area contributed by atoms with Gasteiger partial charge in [0.2, 0.25) is 0 Å². The number of ether oxygens (including phenoxy) is 2. The topological polar surface area (TPSA) is 44.5 Å². The van der Waals surface area contributed by atoms with E-state index in [2.05, 4.69) is 0 Å². The molecular weight excluding hydrogens is 238 g/mol. The molecule has 0 saturated carbocycles. The number of anilines is 1. The van der Waals surface area contributed by atoms with Crippen molar-refractivity contribution in [3.8, 4) is 11.5 Å². The second kappa shape index (κ2) is 5.96. The first kappa shape index (κ1) is 13.0. The van der Waals surface area contributed by atoms with Crippen LogP contribution in [0.1, 0.15) is 11.1 Å². The molecule has 3 heteroatoms. The van der Waals surface area contributed by atoms with Crippen LogP contribution in [-0.4, -0.2) is 14.2 Å². The van der Waals surface area contributed by atoms with Crippen LogP contribution in [0.3, 0.4) is 0 Å². The maximum Gasteiger partial charge on any atom is 0.126 e. The Morgan fingerprint density at radius 2 is 1.63 bits per heavy atom. The molecule has 3 nitrogen and oxygen atoms in total. The number of rotatable bonds is 4. The summed E-state index contributed by atoms with van der Waals surface area (Å²) in [6.07, 6.45) is 4.00. The monoisotopic (exact) mass is 255 g/mol. The fraction of sp³-hybridized carbons (Fsp3) is 0.125. The third-order valence-corrected chi connectivity index (χ3v) is 2.83. The normalized spacial score (nSPS) is 10.6. The quantitative estimate of drug-likeness (QED) is 0.672. The number of benzene rings is 2. The number of nitrogen functional groups attached to an aromatic ring is 1. The zero-order valence-electron chi connectivity index (χ0n) is 11.1. The van der Waals surface area contributed by atoms with Gasteiger partial charge in [0.05, 0.1) is 14.2 Å². The van der Waals surface area contributed by atoms with Crippen LogP contribution in [0.25, 0.3) is 12.2 Å². The molecule has 2 aromatic rings. The molecule has 2 rings (SSSR count). The predicted octanol–water partition coefficient (Wildman–Crippen LogP) is 3.46. The Hall–Kier alpha value is -2.42. The lowest BCUT2D eigenvalue weighted by molar-refractivity contribution is 0.402. The smallest absolute Gasteiger partial charge is 0.126 e. The molecule has 0 spiro atoms. The maximum absolute atomic E-state index is 5.66. The number of hydrogen-bond acceptors (Lipinski definition) is 3. The molecule has 0 radical (unpaired) electrons. The molecular formula is C16H17NO2. The Labute approximate surface area is 113 Å². The number of methoxy groups -OCH3 is 2. The van der Waals surface area contributed by atoms with E-state index in [9.17, 15) is 0 Å². The zero-order valence-corrected chi connectivity index (χ0v) is 11.1. The second-order valence-corrected chi connectivity index (χ2v) is 4.11. The van der Waals surface area contributed by atoms with E-state index >= 15 is 0 Å². The highest BCUT2D eigenvalue weighted by atomic mass is 16.5. The Morgan fingerprint density at radius 3 is 2.26 bits per heavy atom. The third kappa shape index (κ3) is 3.28. The van der Waals surface area contributed by atoms with Crippen molar-refractivity contribution in [2.45, 2.75) is 0 Å². The predicted molar refractivity (Wildman–Crippen MR) is 79.3 cm³/mol. The van der Waals surface area contributed by atoms with Crippen LogP contribution in [0, 0.1) is 0 Å². The first-order chi connectivity index (χ1) is 9.22. The minimum Gasteiger partial charge on any atom is -0.497 e. The molecule has 2 aromatic carbocycles. The molecule has 0 saturated heterocycles. The van der Waals surface area contributed by atoms with Gasteiger partial charge in [0.1, 0.15) is 11.5 Å². The van der Waals surface area contributed by atoms with Crippen molar-refractivity contribution < 1.29 is 9.47 Å². The van der Waals surface area contributed by atoms with E-state index in [1.165, 1.54) is 0 Å². The average Bonchev–Trinajstić information content (AvgIpc) is 2.46. The Morgan fingerprint density at radius 1 is 0.895 bits per heavy atom. The van der Waals surface area contributed by atoms with E-state index in [-0.39, 0.29) is 0 Å².